The number of ketones is 1. The standard InChI is InChI=1S/C43H36NSi.C13H24O2.Ir/c1-43(2,3)41-30-35(28-34-16-13-14-25-40(34)41)42-31-33(26-27-44-42)32-17-15-24-39(29-32)45(36-18-7-4-8-19-36,37-20-9-5-10-21-37)38-22-11-6-12-23-38;1-5-10(6-2)12(14)9-13(15)11(7-3)8-4;/h4-27,29-31H,1-3H3;9-11,14H,5-8H2,1-4H3;/q-1;;/b;12-9-;. The van der Waals surface area contributed by atoms with Gasteiger partial charge in [-0.2, -0.15) is 0 Å². The Bertz CT molecular complexity index is 2410. The van der Waals surface area contributed by atoms with Crippen molar-refractivity contribution in [1.82, 2.24) is 4.98 Å². The molecule has 7 aromatic rings. The summed E-state index contributed by atoms with van der Waals surface area (Å²) < 4.78 is 0. The third kappa shape index (κ3) is 10.6. The largest absolute Gasteiger partial charge is 0.512 e. The van der Waals surface area contributed by atoms with E-state index in [9.17, 15) is 9.90 Å². The molecule has 7 rings (SSSR count). The van der Waals surface area contributed by atoms with Crippen molar-refractivity contribution in [3.63, 3.8) is 0 Å². The summed E-state index contributed by atoms with van der Waals surface area (Å²) in [6.07, 6.45) is 6.84. The van der Waals surface area contributed by atoms with Crippen molar-refractivity contribution in [2.45, 2.75) is 79.6 Å². The Kier molecular flexibility index (Phi) is 16.6. The van der Waals surface area contributed by atoms with E-state index in [2.05, 4.69) is 185 Å². The zero-order valence-electron chi connectivity index (χ0n) is 36.8. The summed E-state index contributed by atoms with van der Waals surface area (Å²) in [7, 11) is -2.62. The first-order valence-electron chi connectivity index (χ1n) is 21.7. The van der Waals surface area contributed by atoms with Gasteiger partial charge in [-0.25, -0.2) is 0 Å². The maximum Gasteiger partial charge on any atom is 0.179 e. The summed E-state index contributed by atoms with van der Waals surface area (Å²) in [5, 5.41) is 17.6. The number of fused-ring (bicyclic) bond motifs is 1. The van der Waals surface area contributed by atoms with Crippen molar-refractivity contribution in [2.75, 3.05) is 0 Å². The molecule has 0 saturated carbocycles. The van der Waals surface area contributed by atoms with Gasteiger partial charge in [0.15, 0.2) is 13.9 Å². The van der Waals surface area contributed by atoms with Gasteiger partial charge in [-0.3, -0.25) is 9.78 Å². The van der Waals surface area contributed by atoms with Crippen molar-refractivity contribution in [2.24, 2.45) is 11.8 Å². The summed E-state index contributed by atoms with van der Waals surface area (Å²) in [6, 6.07) is 61.3. The fourth-order valence-electron chi connectivity index (χ4n) is 8.52. The smallest absolute Gasteiger partial charge is 0.179 e. The molecule has 0 saturated heterocycles. The Balaban J connectivity index is 0.000000378. The maximum absolute atomic E-state index is 11.7. The third-order valence-corrected chi connectivity index (χ3v) is 16.7. The van der Waals surface area contributed by atoms with Crippen molar-refractivity contribution in [1.29, 1.82) is 0 Å². The first-order chi connectivity index (χ1) is 29.0. The Morgan fingerprint density at radius 2 is 1.11 bits per heavy atom. The molecular formula is C56H60IrNO2Si-. The van der Waals surface area contributed by atoms with Crippen molar-refractivity contribution in [3.05, 3.63) is 187 Å². The number of carbonyl (C=O) groups excluding carboxylic acids is 1. The van der Waals surface area contributed by atoms with Crippen LogP contribution in [0, 0.1) is 17.9 Å². The topological polar surface area (TPSA) is 50.2 Å². The number of nitrogens with zero attached hydrogens (tertiary/aromatic N) is 1. The molecule has 0 aliphatic heterocycles. The van der Waals surface area contributed by atoms with Gasteiger partial charge in [0.2, 0.25) is 0 Å². The Morgan fingerprint density at radius 1 is 0.623 bits per heavy atom. The monoisotopic (exact) mass is 999 g/mol. The van der Waals surface area contributed by atoms with E-state index in [1.165, 1.54) is 43.3 Å². The number of aliphatic hydroxyl groups is 1. The molecule has 1 radical (unpaired) electrons. The molecule has 3 nitrogen and oxygen atoms in total. The van der Waals surface area contributed by atoms with E-state index in [0.29, 0.717) is 0 Å². The van der Waals surface area contributed by atoms with Gasteiger partial charge in [0.1, 0.15) is 0 Å². The van der Waals surface area contributed by atoms with Crippen LogP contribution in [-0.2, 0) is 30.3 Å². The third-order valence-electron chi connectivity index (χ3n) is 12.0. The Labute approximate surface area is 379 Å². The molecule has 0 spiro atoms. The average molecular weight is 999 g/mol. The minimum atomic E-state index is -2.62. The molecule has 1 heterocycles. The molecule has 315 valence electrons. The number of carbonyl (C=O) groups is 1. The number of benzene rings is 6. The van der Waals surface area contributed by atoms with Crippen LogP contribution in [0.1, 0.15) is 79.7 Å². The number of aliphatic hydroxyl groups excluding tert-OH is 1. The van der Waals surface area contributed by atoms with E-state index >= 15 is 0 Å². The molecule has 5 heteroatoms. The number of allylic oxidation sites excluding steroid dienone is 2. The van der Waals surface area contributed by atoms with Crippen molar-refractivity contribution in [3.8, 4) is 22.4 Å². The van der Waals surface area contributed by atoms with E-state index in [1.54, 1.807) is 0 Å². The van der Waals surface area contributed by atoms with Gasteiger partial charge < -0.3 is 5.11 Å². The zero-order valence-corrected chi connectivity index (χ0v) is 40.2. The normalized spacial score (nSPS) is 11.9. The number of hydrogen-bond donors (Lipinski definition) is 1. The van der Waals surface area contributed by atoms with Gasteiger partial charge in [0.05, 0.1) is 5.76 Å². The van der Waals surface area contributed by atoms with Gasteiger partial charge in [0, 0.05) is 49.9 Å². The number of hydrogen-bond acceptors (Lipinski definition) is 3. The number of aromatic nitrogens is 1. The van der Waals surface area contributed by atoms with Crippen LogP contribution >= 0.6 is 0 Å². The van der Waals surface area contributed by atoms with Crippen LogP contribution in [0.3, 0.4) is 0 Å². The first-order valence-corrected chi connectivity index (χ1v) is 23.7. The predicted molar refractivity (Wildman–Crippen MR) is 258 cm³/mol. The second-order valence-corrected chi connectivity index (χ2v) is 20.6. The fraction of sp³-hybridized carbons (Fsp3) is 0.250. The maximum atomic E-state index is 11.7. The van der Waals surface area contributed by atoms with E-state index in [-0.39, 0.29) is 48.9 Å². The average Bonchev–Trinajstić information content (AvgIpc) is 3.28. The van der Waals surface area contributed by atoms with Crippen molar-refractivity contribution < 1.29 is 30.0 Å². The van der Waals surface area contributed by atoms with Crippen LogP contribution in [-0.4, -0.2) is 23.9 Å². The van der Waals surface area contributed by atoms with Crippen molar-refractivity contribution >= 4 is 45.4 Å². The first kappa shape index (κ1) is 46.9. The summed E-state index contributed by atoms with van der Waals surface area (Å²) in [5.41, 5.74) is 5.61. The Hall–Kier alpha value is -5.19. The van der Waals surface area contributed by atoms with Crippen LogP contribution in [0.15, 0.2) is 176 Å². The summed E-state index contributed by atoms with van der Waals surface area (Å²) in [6.45, 7) is 14.9. The number of pyridine rings is 1. The second-order valence-electron chi connectivity index (χ2n) is 16.7. The molecule has 0 fully saturated rings. The van der Waals surface area contributed by atoms with Gasteiger partial charge in [-0.05, 0) is 69.0 Å². The summed E-state index contributed by atoms with van der Waals surface area (Å²) >= 11 is 0. The van der Waals surface area contributed by atoms with Crippen LogP contribution in [0.4, 0.5) is 0 Å². The van der Waals surface area contributed by atoms with Gasteiger partial charge in [0.25, 0.3) is 0 Å². The van der Waals surface area contributed by atoms with Crippen LogP contribution in [0.25, 0.3) is 33.2 Å². The molecule has 0 aliphatic rings. The van der Waals surface area contributed by atoms with E-state index < -0.39 is 8.07 Å². The van der Waals surface area contributed by atoms with E-state index in [0.717, 1.165) is 47.9 Å². The SMILES string of the molecule is CC(C)(C)c1cc(-c2cc(-c3cccc([Si](c4ccccc4)(c4ccccc4)c4ccccc4)c3)ccn2)[c-]c2ccccc12.CCC(CC)C(=O)/C=C(\O)C(CC)CC.[Ir]. The van der Waals surface area contributed by atoms with E-state index in [1.807, 2.05) is 33.9 Å². The molecule has 6 aromatic carbocycles. The summed E-state index contributed by atoms with van der Waals surface area (Å²) in [5.74, 6) is 0.547. The van der Waals surface area contributed by atoms with Gasteiger partial charge in [-0.1, -0.05) is 199 Å². The molecule has 0 amide bonds. The minimum absolute atomic E-state index is 0. The quantitative estimate of drug-likeness (QED) is 0.0412. The zero-order chi connectivity index (χ0) is 42.7. The van der Waals surface area contributed by atoms with E-state index in [4.69, 9.17) is 4.98 Å². The minimum Gasteiger partial charge on any atom is -0.512 e. The van der Waals surface area contributed by atoms with Crippen LogP contribution in [0.2, 0.25) is 0 Å². The predicted octanol–water partition coefficient (Wildman–Crippen LogP) is 11.9. The molecule has 0 bridgehead atoms. The van der Waals surface area contributed by atoms with Crippen LogP contribution < -0.4 is 20.7 Å². The Morgan fingerprint density at radius 3 is 1.64 bits per heavy atom. The number of rotatable bonds is 13. The molecule has 0 atom stereocenters. The molecular weight excluding hydrogens is 939 g/mol. The second kappa shape index (κ2) is 21.6. The molecule has 0 unspecified atom stereocenters. The van der Waals surface area contributed by atoms with Gasteiger partial charge >= 0.3 is 0 Å². The van der Waals surface area contributed by atoms with Crippen LogP contribution in [0.5, 0.6) is 0 Å². The summed E-state index contributed by atoms with van der Waals surface area (Å²) in [4.78, 5) is 16.6. The fourth-order valence-corrected chi connectivity index (χ4v) is 13.3. The molecule has 1 N–H and O–H groups in total. The molecule has 0 aliphatic carbocycles. The van der Waals surface area contributed by atoms with Gasteiger partial charge in [-0.15, -0.1) is 29.1 Å². The molecule has 61 heavy (non-hydrogen) atoms. The molecule has 1 aromatic heterocycles.